The van der Waals surface area contributed by atoms with Gasteiger partial charge in [0.1, 0.15) is 0 Å². The van der Waals surface area contributed by atoms with Gasteiger partial charge in [0.25, 0.3) is 0 Å². The molecule has 2 rings (SSSR count). The summed E-state index contributed by atoms with van der Waals surface area (Å²) in [5, 5.41) is 3.45. The molecular formula is C13H25N. The van der Waals surface area contributed by atoms with Crippen LogP contribution in [-0.4, -0.2) is 13.6 Å². The van der Waals surface area contributed by atoms with Crippen LogP contribution in [0.1, 0.15) is 57.8 Å². The molecule has 2 saturated carbocycles. The van der Waals surface area contributed by atoms with E-state index >= 15 is 0 Å². The predicted octanol–water partition coefficient (Wildman–Crippen LogP) is 3.35. The molecule has 0 aromatic heterocycles. The molecule has 0 aliphatic heterocycles. The van der Waals surface area contributed by atoms with Crippen molar-refractivity contribution in [2.24, 2.45) is 11.3 Å². The Kier molecular flexibility index (Phi) is 3.48. The first-order chi connectivity index (χ1) is 6.87. The topological polar surface area (TPSA) is 12.0 Å². The van der Waals surface area contributed by atoms with Crippen LogP contribution in [0.5, 0.6) is 0 Å². The minimum absolute atomic E-state index is 0.704. The molecule has 14 heavy (non-hydrogen) atoms. The summed E-state index contributed by atoms with van der Waals surface area (Å²) in [5.41, 5.74) is 0.704. The zero-order chi connectivity index (χ0) is 9.86. The Morgan fingerprint density at radius 3 is 2.07 bits per heavy atom. The average molecular weight is 195 g/mol. The fourth-order valence-corrected chi connectivity index (χ4v) is 3.39. The van der Waals surface area contributed by atoms with Crippen molar-refractivity contribution in [1.29, 1.82) is 0 Å². The van der Waals surface area contributed by atoms with Gasteiger partial charge in [0, 0.05) is 6.54 Å². The maximum Gasteiger partial charge on any atom is 0.000746 e. The molecule has 1 heteroatoms. The van der Waals surface area contributed by atoms with Gasteiger partial charge in [-0.2, -0.15) is 0 Å². The van der Waals surface area contributed by atoms with E-state index in [9.17, 15) is 0 Å². The quantitative estimate of drug-likeness (QED) is 0.728. The highest BCUT2D eigenvalue weighted by Gasteiger charge is 2.43. The van der Waals surface area contributed by atoms with Gasteiger partial charge in [0.15, 0.2) is 0 Å². The average Bonchev–Trinajstić information content (AvgIpc) is 2.93. The highest BCUT2D eigenvalue weighted by Crippen LogP contribution is 2.51. The van der Waals surface area contributed by atoms with Crippen molar-refractivity contribution < 1.29 is 0 Å². The van der Waals surface area contributed by atoms with E-state index in [1.54, 1.807) is 0 Å². The maximum absolute atomic E-state index is 3.45. The van der Waals surface area contributed by atoms with E-state index in [1.165, 1.54) is 64.3 Å². The van der Waals surface area contributed by atoms with Gasteiger partial charge >= 0.3 is 0 Å². The van der Waals surface area contributed by atoms with Gasteiger partial charge in [0.2, 0.25) is 0 Å². The van der Waals surface area contributed by atoms with Crippen LogP contribution in [0.2, 0.25) is 0 Å². The Labute approximate surface area is 88.7 Å². The molecule has 0 amide bonds. The number of hydrogen-bond acceptors (Lipinski definition) is 1. The zero-order valence-electron chi connectivity index (χ0n) is 9.65. The SMILES string of the molecule is CNCC1(C2CC2)CCCCCCC1. The van der Waals surface area contributed by atoms with Gasteiger partial charge in [-0.1, -0.05) is 32.1 Å². The fourth-order valence-electron chi connectivity index (χ4n) is 3.39. The molecule has 82 valence electrons. The monoisotopic (exact) mass is 195 g/mol. The second kappa shape index (κ2) is 4.65. The van der Waals surface area contributed by atoms with Crippen molar-refractivity contribution in [2.75, 3.05) is 13.6 Å². The Morgan fingerprint density at radius 1 is 1.00 bits per heavy atom. The van der Waals surface area contributed by atoms with Gasteiger partial charge in [-0.25, -0.2) is 0 Å². The molecule has 0 heterocycles. The van der Waals surface area contributed by atoms with Crippen LogP contribution < -0.4 is 5.32 Å². The predicted molar refractivity (Wildman–Crippen MR) is 61.4 cm³/mol. The molecule has 0 aromatic carbocycles. The molecule has 0 bridgehead atoms. The highest BCUT2D eigenvalue weighted by atomic mass is 14.8. The van der Waals surface area contributed by atoms with Crippen molar-refractivity contribution in [1.82, 2.24) is 5.32 Å². The van der Waals surface area contributed by atoms with Crippen LogP contribution in [0, 0.1) is 11.3 Å². The van der Waals surface area contributed by atoms with E-state index in [0.29, 0.717) is 5.41 Å². The molecule has 0 aromatic rings. The molecule has 2 fully saturated rings. The van der Waals surface area contributed by atoms with Crippen LogP contribution in [-0.2, 0) is 0 Å². The van der Waals surface area contributed by atoms with Crippen molar-refractivity contribution in [3.8, 4) is 0 Å². The highest BCUT2D eigenvalue weighted by molar-refractivity contribution is 4.95. The van der Waals surface area contributed by atoms with Crippen molar-refractivity contribution in [3.05, 3.63) is 0 Å². The number of hydrogen-bond donors (Lipinski definition) is 1. The zero-order valence-corrected chi connectivity index (χ0v) is 9.65. The Morgan fingerprint density at radius 2 is 1.57 bits per heavy atom. The maximum atomic E-state index is 3.45. The first-order valence-corrected chi connectivity index (χ1v) is 6.52. The van der Waals surface area contributed by atoms with Gasteiger partial charge in [-0.05, 0) is 44.1 Å². The van der Waals surface area contributed by atoms with Crippen LogP contribution in [0.25, 0.3) is 0 Å². The van der Waals surface area contributed by atoms with Crippen molar-refractivity contribution in [3.63, 3.8) is 0 Å². The minimum atomic E-state index is 0.704. The second-order valence-electron chi connectivity index (χ2n) is 5.43. The van der Waals surface area contributed by atoms with E-state index in [2.05, 4.69) is 12.4 Å². The number of rotatable bonds is 3. The number of nitrogens with one attached hydrogen (secondary N) is 1. The molecular weight excluding hydrogens is 170 g/mol. The Bertz CT molecular complexity index is 164. The summed E-state index contributed by atoms with van der Waals surface area (Å²) in [4.78, 5) is 0. The van der Waals surface area contributed by atoms with Crippen molar-refractivity contribution in [2.45, 2.75) is 57.8 Å². The molecule has 0 atom stereocenters. The lowest BCUT2D eigenvalue weighted by Gasteiger charge is -2.36. The summed E-state index contributed by atoms with van der Waals surface area (Å²) in [6.45, 7) is 1.28. The summed E-state index contributed by atoms with van der Waals surface area (Å²) in [6.07, 6.45) is 13.5. The third-order valence-electron chi connectivity index (χ3n) is 4.32. The van der Waals surface area contributed by atoms with E-state index in [0.717, 1.165) is 5.92 Å². The van der Waals surface area contributed by atoms with Crippen LogP contribution in [0.15, 0.2) is 0 Å². The molecule has 1 nitrogen and oxygen atoms in total. The van der Waals surface area contributed by atoms with Gasteiger partial charge in [0.05, 0.1) is 0 Å². The summed E-state index contributed by atoms with van der Waals surface area (Å²) in [5.74, 6) is 1.08. The molecule has 0 unspecified atom stereocenters. The summed E-state index contributed by atoms with van der Waals surface area (Å²) >= 11 is 0. The molecule has 1 N–H and O–H groups in total. The normalized spacial score (nSPS) is 28.1. The van der Waals surface area contributed by atoms with Crippen LogP contribution in [0.3, 0.4) is 0 Å². The van der Waals surface area contributed by atoms with E-state index in [1.807, 2.05) is 0 Å². The first-order valence-electron chi connectivity index (χ1n) is 6.52. The van der Waals surface area contributed by atoms with Gasteiger partial charge in [-0.3, -0.25) is 0 Å². The minimum Gasteiger partial charge on any atom is -0.319 e. The fraction of sp³-hybridized carbons (Fsp3) is 1.00. The Hall–Kier alpha value is -0.0400. The van der Waals surface area contributed by atoms with E-state index in [-0.39, 0.29) is 0 Å². The molecule has 0 radical (unpaired) electrons. The van der Waals surface area contributed by atoms with Gasteiger partial charge in [-0.15, -0.1) is 0 Å². The van der Waals surface area contributed by atoms with Crippen LogP contribution in [0.4, 0.5) is 0 Å². The van der Waals surface area contributed by atoms with E-state index < -0.39 is 0 Å². The van der Waals surface area contributed by atoms with Crippen LogP contribution >= 0.6 is 0 Å². The smallest absolute Gasteiger partial charge is 0.000746 e. The molecule has 2 aliphatic rings. The first kappa shape index (κ1) is 10.5. The largest absolute Gasteiger partial charge is 0.319 e. The third kappa shape index (κ3) is 2.31. The lowest BCUT2D eigenvalue weighted by Crippen LogP contribution is -2.35. The molecule has 0 spiro atoms. The molecule has 2 aliphatic carbocycles. The summed E-state index contributed by atoms with van der Waals surface area (Å²) in [7, 11) is 2.13. The summed E-state index contributed by atoms with van der Waals surface area (Å²) < 4.78 is 0. The second-order valence-corrected chi connectivity index (χ2v) is 5.43. The van der Waals surface area contributed by atoms with E-state index in [4.69, 9.17) is 0 Å². The van der Waals surface area contributed by atoms with Crippen molar-refractivity contribution >= 4 is 0 Å². The molecule has 0 saturated heterocycles. The standard InChI is InChI=1S/C13H25N/c1-14-11-13(12-7-8-12)9-5-3-2-4-6-10-13/h12,14H,2-11H2,1H3. The Balaban J connectivity index is 1.97. The lowest BCUT2D eigenvalue weighted by molar-refractivity contribution is 0.170. The third-order valence-corrected chi connectivity index (χ3v) is 4.32. The van der Waals surface area contributed by atoms with Gasteiger partial charge < -0.3 is 5.32 Å². The lowest BCUT2D eigenvalue weighted by atomic mass is 9.72. The summed E-state index contributed by atoms with van der Waals surface area (Å²) in [6, 6.07) is 0.